The monoisotopic (exact) mass is 318 g/mol. The summed E-state index contributed by atoms with van der Waals surface area (Å²) in [5.41, 5.74) is 4.17. The topological polar surface area (TPSA) is 55.1 Å². The van der Waals surface area contributed by atoms with Gasteiger partial charge < -0.3 is 11.1 Å². The molecule has 3 N–H and O–H groups in total. The van der Waals surface area contributed by atoms with Gasteiger partial charge in [0, 0.05) is 17.7 Å². The zero-order chi connectivity index (χ0) is 16.2. The van der Waals surface area contributed by atoms with E-state index in [1.807, 2.05) is 13.8 Å². The highest BCUT2D eigenvalue weighted by Gasteiger charge is 2.34. The van der Waals surface area contributed by atoms with Gasteiger partial charge in [0.2, 0.25) is 5.91 Å². The van der Waals surface area contributed by atoms with E-state index in [0.29, 0.717) is 12.3 Å². The van der Waals surface area contributed by atoms with E-state index in [-0.39, 0.29) is 28.6 Å². The van der Waals surface area contributed by atoms with Crippen LogP contribution < -0.4 is 11.1 Å². The maximum atomic E-state index is 13.0. The van der Waals surface area contributed by atoms with Crippen LogP contribution in [0.5, 0.6) is 0 Å². The second-order valence-electron chi connectivity index (χ2n) is 5.10. The summed E-state index contributed by atoms with van der Waals surface area (Å²) >= 11 is 4.61. The van der Waals surface area contributed by atoms with Crippen molar-refractivity contribution in [2.45, 2.75) is 32.9 Å². The molecule has 21 heavy (non-hydrogen) atoms. The predicted molar refractivity (Wildman–Crippen MR) is 80.0 cm³/mol. The van der Waals surface area contributed by atoms with E-state index in [1.54, 1.807) is 0 Å². The molecule has 7 heteroatoms. The first-order chi connectivity index (χ1) is 9.61. The van der Waals surface area contributed by atoms with Gasteiger partial charge in [-0.05, 0) is 30.5 Å². The van der Waals surface area contributed by atoms with Crippen molar-refractivity contribution in [1.82, 2.24) is 0 Å². The second-order valence-corrected chi connectivity index (χ2v) is 5.54. The number of carbonyl (C=O) groups is 1. The third-order valence-corrected chi connectivity index (χ3v) is 3.04. The number of hydrogen-bond donors (Lipinski definition) is 2. The van der Waals surface area contributed by atoms with Crippen molar-refractivity contribution < 1.29 is 18.0 Å². The van der Waals surface area contributed by atoms with Crippen LogP contribution >= 0.6 is 12.2 Å². The summed E-state index contributed by atoms with van der Waals surface area (Å²) in [6.45, 7) is 3.93. The fraction of sp³-hybridized carbons (Fsp3) is 0.429. The molecule has 1 aromatic carbocycles. The maximum Gasteiger partial charge on any atom is 0.417 e. The number of amides is 1. The number of anilines is 1. The van der Waals surface area contributed by atoms with E-state index in [2.05, 4.69) is 17.5 Å². The zero-order valence-corrected chi connectivity index (χ0v) is 12.6. The fourth-order valence-corrected chi connectivity index (χ4v) is 1.89. The molecule has 0 atom stereocenters. The molecule has 0 saturated carbocycles. The van der Waals surface area contributed by atoms with Gasteiger partial charge in [-0.1, -0.05) is 26.1 Å². The third-order valence-electron chi connectivity index (χ3n) is 2.82. The smallest absolute Gasteiger partial charge is 0.389 e. The molecule has 0 bridgehead atoms. The van der Waals surface area contributed by atoms with Crippen LogP contribution in [0, 0.1) is 5.92 Å². The highest BCUT2D eigenvalue weighted by atomic mass is 32.1. The summed E-state index contributed by atoms with van der Waals surface area (Å²) in [5.74, 6) is 0.0263. The Hall–Kier alpha value is -1.63. The minimum atomic E-state index is -4.59. The number of halogens is 3. The van der Waals surface area contributed by atoms with Crippen LogP contribution in [0.4, 0.5) is 18.9 Å². The van der Waals surface area contributed by atoms with E-state index in [0.717, 1.165) is 6.07 Å². The summed E-state index contributed by atoms with van der Waals surface area (Å²) < 4.78 is 38.9. The summed E-state index contributed by atoms with van der Waals surface area (Å²) in [6, 6.07) is 3.38. The van der Waals surface area contributed by atoms with Gasteiger partial charge in [0.15, 0.2) is 0 Å². The quantitative estimate of drug-likeness (QED) is 0.814. The van der Waals surface area contributed by atoms with Crippen molar-refractivity contribution in [3.8, 4) is 0 Å². The van der Waals surface area contributed by atoms with Crippen molar-refractivity contribution in [3.63, 3.8) is 0 Å². The molecule has 0 aliphatic heterocycles. The molecule has 0 unspecified atom stereocenters. The molecule has 116 valence electrons. The number of alkyl halides is 3. The van der Waals surface area contributed by atoms with Crippen molar-refractivity contribution >= 4 is 28.8 Å². The van der Waals surface area contributed by atoms with Crippen molar-refractivity contribution in [1.29, 1.82) is 0 Å². The van der Waals surface area contributed by atoms with Crippen LogP contribution in [0.1, 0.15) is 37.8 Å². The van der Waals surface area contributed by atoms with Gasteiger partial charge in [0.1, 0.15) is 4.99 Å². The van der Waals surface area contributed by atoms with Crippen LogP contribution in [-0.2, 0) is 11.0 Å². The first-order valence-corrected chi connectivity index (χ1v) is 6.83. The third kappa shape index (κ3) is 5.34. The molecule has 0 aliphatic rings. The molecule has 0 fully saturated rings. The van der Waals surface area contributed by atoms with Crippen LogP contribution in [0.15, 0.2) is 18.2 Å². The first kappa shape index (κ1) is 17.4. The largest absolute Gasteiger partial charge is 0.417 e. The molecule has 0 heterocycles. The van der Waals surface area contributed by atoms with Gasteiger partial charge in [0.25, 0.3) is 0 Å². The van der Waals surface area contributed by atoms with E-state index in [9.17, 15) is 18.0 Å². The lowest BCUT2D eigenvalue weighted by Crippen LogP contribution is -2.19. The predicted octanol–water partition coefficient (Wildman–Crippen LogP) is 3.71. The Kier molecular flexibility index (Phi) is 5.71. The summed E-state index contributed by atoms with van der Waals surface area (Å²) in [5, 5.41) is 2.45. The van der Waals surface area contributed by atoms with Crippen LogP contribution in [0.2, 0.25) is 0 Å². The number of nitrogens with two attached hydrogens (primary N) is 1. The Morgan fingerprint density at radius 2 is 2.00 bits per heavy atom. The van der Waals surface area contributed by atoms with E-state index >= 15 is 0 Å². The molecule has 1 rings (SSSR count). The zero-order valence-electron chi connectivity index (χ0n) is 11.8. The van der Waals surface area contributed by atoms with Crippen molar-refractivity contribution in [3.05, 3.63) is 29.3 Å². The first-order valence-electron chi connectivity index (χ1n) is 6.42. The Balaban J connectivity index is 2.96. The van der Waals surface area contributed by atoms with Gasteiger partial charge in [0.05, 0.1) is 5.56 Å². The summed E-state index contributed by atoms with van der Waals surface area (Å²) in [6.07, 6.45) is -3.66. The fourth-order valence-electron chi connectivity index (χ4n) is 1.71. The minimum Gasteiger partial charge on any atom is -0.389 e. The minimum absolute atomic E-state index is 0.0797. The molecule has 1 aromatic rings. The molecule has 0 saturated heterocycles. The lowest BCUT2D eigenvalue weighted by atomic mass is 10.1. The molecule has 0 aromatic heterocycles. The maximum absolute atomic E-state index is 13.0. The number of rotatable bonds is 5. The summed E-state index contributed by atoms with van der Waals surface area (Å²) in [7, 11) is 0. The highest BCUT2D eigenvalue weighted by Crippen LogP contribution is 2.33. The van der Waals surface area contributed by atoms with Crippen molar-refractivity contribution in [2.75, 3.05) is 5.32 Å². The van der Waals surface area contributed by atoms with Crippen LogP contribution in [0.25, 0.3) is 0 Å². The molecule has 0 radical (unpaired) electrons. The number of thiocarbonyl (C=S) groups is 1. The molecule has 3 nitrogen and oxygen atoms in total. The number of carbonyl (C=O) groups excluding carboxylic acids is 1. The van der Waals surface area contributed by atoms with Gasteiger partial charge in [-0.25, -0.2) is 0 Å². The number of benzene rings is 1. The standard InChI is InChI=1S/C14H17F3N2OS/c1-8(2)3-6-12(20)19-9-4-5-10(13(18)21)11(7-9)14(15,16)17/h4-5,7-8H,3,6H2,1-2H3,(H2,18,21)(H,19,20). The number of hydrogen-bond acceptors (Lipinski definition) is 2. The molecule has 1 amide bonds. The van der Waals surface area contributed by atoms with Crippen molar-refractivity contribution in [2.24, 2.45) is 11.7 Å². The Bertz CT molecular complexity index is 542. The van der Waals surface area contributed by atoms with Gasteiger partial charge in [-0.15, -0.1) is 0 Å². The van der Waals surface area contributed by atoms with Crippen LogP contribution in [-0.4, -0.2) is 10.9 Å². The SMILES string of the molecule is CC(C)CCC(=O)Nc1ccc(C(N)=S)c(C(F)(F)F)c1. The molecule has 0 spiro atoms. The normalized spacial score (nSPS) is 11.5. The lowest BCUT2D eigenvalue weighted by molar-refractivity contribution is -0.137. The molecule has 0 aliphatic carbocycles. The Morgan fingerprint density at radius 1 is 1.38 bits per heavy atom. The van der Waals surface area contributed by atoms with Gasteiger partial charge in [-0.3, -0.25) is 4.79 Å². The molecular weight excluding hydrogens is 301 g/mol. The summed E-state index contributed by atoms with van der Waals surface area (Å²) in [4.78, 5) is 11.3. The Morgan fingerprint density at radius 3 is 2.48 bits per heavy atom. The van der Waals surface area contributed by atoms with Gasteiger partial charge >= 0.3 is 6.18 Å². The average molecular weight is 318 g/mol. The van der Waals surface area contributed by atoms with E-state index in [1.165, 1.54) is 12.1 Å². The Labute approximate surface area is 126 Å². The average Bonchev–Trinajstić information content (AvgIpc) is 2.35. The van der Waals surface area contributed by atoms with E-state index < -0.39 is 11.7 Å². The highest BCUT2D eigenvalue weighted by molar-refractivity contribution is 7.80. The van der Waals surface area contributed by atoms with Gasteiger partial charge in [-0.2, -0.15) is 13.2 Å². The van der Waals surface area contributed by atoms with Crippen LogP contribution in [0.3, 0.4) is 0 Å². The number of nitrogens with one attached hydrogen (secondary N) is 1. The molecular formula is C14H17F3N2OS. The second kappa shape index (κ2) is 6.89. The lowest BCUT2D eigenvalue weighted by Gasteiger charge is -2.14. The van der Waals surface area contributed by atoms with E-state index in [4.69, 9.17) is 5.73 Å².